The summed E-state index contributed by atoms with van der Waals surface area (Å²) in [7, 11) is 0. The van der Waals surface area contributed by atoms with Gasteiger partial charge >= 0.3 is 0 Å². The van der Waals surface area contributed by atoms with Crippen molar-refractivity contribution >= 4 is 17.8 Å². The van der Waals surface area contributed by atoms with Crippen molar-refractivity contribution in [3.8, 4) is 0 Å². The number of nitrogens with zero attached hydrogens (tertiary/aromatic N) is 1. The molecule has 1 N–H and O–H groups in total. The fraction of sp³-hybridized carbons (Fsp3) is 0. The van der Waals surface area contributed by atoms with Gasteiger partial charge < -0.3 is 5.32 Å². The largest absolute Gasteiger partial charge is 0.305 e. The standard InChI is InChI=1S/C16H10F2N2O/c17-11-5-3-4-10(8-11)9-14-16(21)20-15(19-14)12-6-1-2-7-13(12)18/h1-9H,(H,19,20,21)/b14-9+. The molecular weight excluding hydrogens is 274 g/mol. The molecule has 5 heteroatoms. The summed E-state index contributed by atoms with van der Waals surface area (Å²) in [6.45, 7) is 0. The van der Waals surface area contributed by atoms with Crippen LogP contribution in [0.15, 0.2) is 59.2 Å². The lowest BCUT2D eigenvalue weighted by atomic mass is 10.2. The summed E-state index contributed by atoms with van der Waals surface area (Å²) in [6.07, 6.45) is 1.45. The van der Waals surface area contributed by atoms with Crippen LogP contribution in [0, 0.1) is 11.6 Å². The van der Waals surface area contributed by atoms with Crippen molar-refractivity contribution in [3.05, 3.63) is 77.0 Å². The Morgan fingerprint density at radius 3 is 2.62 bits per heavy atom. The molecule has 1 aliphatic rings. The lowest BCUT2D eigenvalue weighted by molar-refractivity contribution is -0.115. The van der Waals surface area contributed by atoms with E-state index in [1.807, 2.05) is 0 Å². The van der Waals surface area contributed by atoms with Crippen molar-refractivity contribution in [2.24, 2.45) is 4.99 Å². The quantitative estimate of drug-likeness (QED) is 0.846. The summed E-state index contributed by atoms with van der Waals surface area (Å²) in [6, 6.07) is 11.8. The van der Waals surface area contributed by atoms with Crippen LogP contribution >= 0.6 is 0 Å². The van der Waals surface area contributed by atoms with E-state index in [2.05, 4.69) is 10.3 Å². The molecular formula is C16H10F2N2O. The van der Waals surface area contributed by atoms with Gasteiger partial charge in [-0.1, -0.05) is 24.3 Å². The molecule has 0 spiro atoms. The third kappa shape index (κ3) is 2.72. The van der Waals surface area contributed by atoms with Gasteiger partial charge in [-0.05, 0) is 35.9 Å². The lowest BCUT2D eigenvalue weighted by Gasteiger charge is -2.00. The third-order valence-corrected chi connectivity index (χ3v) is 2.98. The highest BCUT2D eigenvalue weighted by Gasteiger charge is 2.22. The number of amidine groups is 1. The number of nitrogens with one attached hydrogen (secondary N) is 1. The van der Waals surface area contributed by atoms with Crippen LogP contribution in [0.25, 0.3) is 6.08 Å². The van der Waals surface area contributed by atoms with Gasteiger partial charge in [0.1, 0.15) is 23.2 Å². The van der Waals surface area contributed by atoms with Crippen LogP contribution < -0.4 is 5.32 Å². The molecule has 0 atom stereocenters. The van der Waals surface area contributed by atoms with Gasteiger partial charge in [0.15, 0.2) is 0 Å². The van der Waals surface area contributed by atoms with Crippen LogP contribution in [0.5, 0.6) is 0 Å². The first-order chi connectivity index (χ1) is 10.1. The zero-order chi connectivity index (χ0) is 14.8. The first-order valence-corrected chi connectivity index (χ1v) is 6.26. The number of halogens is 2. The van der Waals surface area contributed by atoms with Gasteiger partial charge in [-0.3, -0.25) is 4.79 Å². The Kier molecular flexibility index (Phi) is 3.31. The zero-order valence-corrected chi connectivity index (χ0v) is 10.8. The molecule has 1 aliphatic heterocycles. The van der Waals surface area contributed by atoms with Crippen LogP contribution in [-0.4, -0.2) is 11.7 Å². The van der Waals surface area contributed by atoms with Crippen LogP contribution in [0.2, 0.25) is 0 Å². The Balaban J connectivity index is 1.98. The predicted molar refractivity (Wildman–Crippen MR) is 75.5 cm³/mol. The monoisotopic (exact) mass is 284 g/mol. The lowest BCUT2D eigenvalue weighted by Crippen LogP contribution is -2.25. The minimum absolute atomic E-state index is 0.110. The van der Waals surface area contributed by atoms with E-state index in [0.717, 1.165) is 0 Å². The minimum Gasteiger partial charge on any atom is -0.305 e. The Morgan fingerprint density at radius 2 is 1.86 bits per heavy atom. The summed E-state index contributed by atoms with van der Waals surface area (Å²) in [5.74, 6) is -1.16. The Bertz CT molecular complexity index is 781. The predicted octanol–water partition coefficient (Wildman–Crippen LogP) is 2.88. The van der Waals surface area contributed by atoms with Crippen molar-refractivity contribution in [2.45, 2.75) is 0 Å². The van der Waals surface area contributed by atoms with Gasteiger partial charge in [0.05, 0.1) is 5.56 Å². The van der Waals surface area contributed by atoms with E-state index in [0.29, 0.717) is 5.56 Å². The van der Waals surface area contributed by atoms with Crippen molar-refractivity contribution in [1.82, 2.24) is 5.32 Å². The molecule has 2 aromatic rings. The highest BCUT2D eigenvalue weighted by atomic mass is 19.1. The Labute approximate surface area is 119 Å². The Morgan fingerprint density at radius 1 is 1.05 bits per heavy atom. The summed E-state index contributed by atoms with van der Waals surface area (Å²) in [5.41, 5.74) is 0.839. The molecule has 0 saturated carbocycles. The number of aliphatic imine (C=N–C) groups is 1. The second kappa shape index (κ2) is 5.28. The molecule has 1 heterocycles. The normalized spacial score (nSPS) is 16.0. The molecule has 0 aromatic heterocycles. The highest BCUT2D eigenvalue weighted by molar-refractivity contribution is 6.19. The van der Waals surface area contributed by atoms with Gasteiger partial charge in [0.25, 0.3) is 5.91 Å². The summed E-state index contributed by atoms with van der Waals surface area (Å²) >= 11 is 0. The minimum atomic E-state index is -0.469. The molecule has 0 aliphatic carbocycles. The molecule has 0 bridgehead atoms. The van der Waals surface area contributed by atoms with Crippen LogP contribution in [-0.2, 0) is 4.79 Å². The van der Waals surface area contributed by atoms with Crippen molar-refractivity contribution < 1.29 is 13.6 Å². The van der Waals surface area contributed by atoms with E-state index in [1.165, 1.54) is 36.4 Å². The summed E-state index contributed by atoms with van der Waals surface area (Å²) in [5, 5.41) is 2.50. The second-order valence-corrected chi connectivity index (χ2v) is 4.48. The van der Waals surface area contributed by atoms with Gasteiger partial charge in [-0.2, -0.15) is 0 Å². The van der Waals surface area contributed by atoms with E-state index in [4.69, 9.17) is 0 Å². The number of hydrogen-bond acceptors (Lipinski definition) is 2. The van der Waals surface area contributed by atoms with Crippen molar-refractivity contribution in [2.75, 3.05) is 0 Å². The van der Waals surface area contributed by atoms with E-state index in [1.54, 1.807) is 18.2 Å². The molecule has 0 radical (unpaired) electrons. The number of carbonyl (C=O) groups excluding carboxylic acids is 1. The van der Waals surface area contributed by atoms with E-state index in [-0.39, 0.29) is 17.1 Å². The number of carbonyl (C=O) groups is 1. The first kappa shape index (κ1) is 13.2. The molecule has 3 rings (SSSR count). The second-order valence-electron chi connectivity index (χ2n) is 4.48. The maximum Gasteiger partial charge on any atom is 0.275 e. The van der Waals surface area contributed by atoms with E-state index >= 15 is 0 Å². The van der Waals surface area contributed by atoms with Gasteiger partial charge in [-0.15, -0.1) is 0 Å². The maximum atomic E-state index is 13.7. The molecule has 21 heavy (non-hydrogen) atoms. The number of benzene rings is 2. The van der Waals surface area contributed by atoms with Crippen LogP contribution in [0.1, 0.15) is 11.1 Å². The number of amides is 1. The molecule has 0 saturated heterocycles. The van der Waals surface area contributed by atoms with Crippen molar-refractivity contribution in [3.63, 3.8) is 0 Å². The fourth-order valence-electron chi connectivity index (χ4n) is 2.00. The van der Waals surface area contributed by atoms with Crippen molar-refractivity contribution in [1.29, 1.82) is 0 Å². The van der Waals surface area contributed by atoms with Gasteiger partial charge in [0, 0.05) is 0 Å². The molecule has 3 nitrogen and oxygen atoms in total. The average molecular weight is 284 g/mol. The third-order valence-electron chi connectivity index (χ3n) is 2.98. The smallest absolute Gasteiger partial charge is 0.275 e. The average Bonchev–Trinajstić information content (AvgIpc) is 2.80. The fourth-order valence-corrected chi connectivity index (χ4v) is 2.00. The molecule has 104 valence electrons. The molecule has 0 unspecified atom stereocenters. The summed E-state index contributed by atoms with van der Waals surface area (Å²) in [4.78, 5) is 15.9. The van der Waals surface area contributed by atoms with Crippen LogP contribution in [0.3, 0.4) is 0 Å². The maximum absolute atomic E-state index is 13.7. The molecule has 0 fully saturated rings. The van der Waals surface area contributed by atoms with Gasteiger partial charge in [0.2, 0.25) is 0 Å². The van der Waals surface area contributed by atoms with Gasteiger partial charge in [-0.25, -0.2) is 13.8 Å². The van der Waals surface area contributed by atoms with E-state index in [9.17, 15) is 13.6 Å². The SMILES string of the molecule is O=C1NC(c2ccccc2F)=N/C1=C/c1cccc(F)c1. The topological polar surface area (TPSA) is 41.5 Å². The first-order valence-electron chi connectivity index (χ1n) is 6.26. The highest BCUT2D eigenvalue weighted by Crippen LogP contribution is 2.17. The number of rotatable bonds is 2. The Hall–Kier alpha value is -2.82. The van der Waals surface area contributed by atoms with Crippen LogP contribution in [0.4, 0.5) is 8.78 Å². The molecule has 2 aromatic carbocycles. The summed E-state index contributed by atoms with van der Waals surface area (Å²) < 4.78 is 26.8. The van der Waals surface area contributed by atoms with E-state index < -0.39 is 17.5 Å². The number of hydrogen-bond donors (Lipinski definition) is 1. The zero-order valence-electron chi connectivity index (χ0n) is 10.8. The molecule has 1 amide bonds.